The second kappa shape index (κ2) is 9.34. The normalized spacial score (nSPS) is 15.3. The van der Waals surface area contributed by atoms with Gasteiger partial charge in [-0.25, -0.2) is 8.93 Å². The molecule has 0 fully saturated rings. The number of halogens is 3. The first-order valence-electron chi connectivity index (χ1n) is 10.4. The highest BCUT2D eigenvalue weighted by Crippen LogP contribution is 2.31. The Morgan fingerprint density at radius 2 is 1.59 bits per heavy atom. The molecule has 2 N–H and O–H groups in total. The minimum absolute atomic E-state index is 0.197. The molecular formula is C24H24F3N3OS. The predicted octanol–water partition coefficient (Wildman–Crippen LogP) is 5.51. The molecule has 2 atom stereocenters. The molecule has 3 aromatic rings. The van der Waals surface area contributed by atoms with E-state index in [2.05, 4.69) is 40.1 Å². The Labute approximate surface area is 188 Å². The summed E-state index contributed by atoms with van der Waals surface area (Å²) in [5, 5.41) is 3.05. The Morgan fingerprint density at radius 1 is 0.969 bits per heavy atom. The van der Waals surface area contributed by atoms with Crippen LogP contribution in [0.5, 0.6) is 0 Å². The van der Waals surface area contributed by atoms with Gasteiger partial charge >= 0.3 is 6.18 Å². The molecule has 2 unspecified atom stereocenters. The molecular weight excluding hydrogens is 435 g/mol. The fourth-order valence-corrected chi connectivity index (χ4v) is 4.73. The average Bonchev–Trinajstić information content (AvgIpc) is 3.22. The van der Waals surface area contributed by atoms with Gasteiger partial charge in [-0.05, 0) is 73.5 Å². The first-order valence-corrected chi connectivity index (χ1v) is 11.5. The zero-order chi connectivity index (χ0) is 22.7. The molecule has 0 aliphatic carbocycles. The number of nitrogens with zero attached hydrogens (tertiary/aromatic N) is 1. The SMILES string of the molecule is CC(CNS(=O)c1ccc(Nc2ccc(C(F)(F)F)cc2)cc1)N1CCc2ccccc21. The average molecular weight is 460 g/mol. The summed E-state index contributed by atoms with van der Waals surface area (Å²) < 4.78 is 53.8. The van der Waals surface area contributed by atoms with Crippen molar-refractivity contribution >= 4 is 28.0 Å². The van der Waals surface area contributed by atoms with Crippen molar-refractivity contribution < 1.29 is 17.4 Å². The van der Waals surface area contributed by atoms with Crippen molar-refractivity contribution in [2.24, 2.45) is 0 Å². The van der Waals surface area contributed by atoms with Gasteiger partial charge in [0.25, 0.3) is 0 Å². The Morgan fingerprint density at radius 3 is 2.25 bits per heavy atom. The van der Waals surface area contributed by atoms with Crippen LogP contribution in [0.3, 0.4) is 0 Å². The van der Waals surface area contributed by atoms with E-state index in [1.807, 2.05) is 6.07 Å². The van der Waals surface area contributed by atoms with Crippen LogP contribution in [0.2, 0.25) is 0 Å². The van der Waals surface area contributed by atoms with Gasteiger partial charge in [-0.15, -0.1) is 0 Å². The number of para-hydroxylation sites is 1. The molecule has 4 nitrogen and oxygen atoms in total. The van der Waals surface area contributed by atoms with Crippen LogP contribution in [0.15, 0.2) is 77.7 Å². The van der Waals surface area contributed by atoms with Crippen LogP contribution in [-0.2, 0) is 23.6 Å². The van der Waals surface area contributed by atoms with Crippen LogP contribution in [-0.4, -0.2) is 23.3 Å². The van der Waals surface area contributed by atoms with Crippen LogP contribution in [0.1, 0.15) is 18.1 Å². The van der Waals surface area contributed by atoms with Crippen molar-refractivity contribution in [1.82, 2.24) is 4.72 Å². The van der Waals surface area contributed by atoms with Gasteiger partial charge in [0.1, 0.15) is 11.0 Å². The van der Waals surface area contributed by atoms with Gasteiger partial charge in [0.15, 0.2) is 0 Å². The zero-order valence-electron chi connectivity index (χ0n) is 17.5. The van der Waals surface area contributed by atoms with E-state index in [-0.39, 0.29) is 6.04 Å². The lowest BCUT2D eigenvalue weighted by molar-refractivity contribution is -0.137. The number of nitrogens with one attached hydrogen (secondary N) is 2. The summed E-state index contributed by atoms with van der Waals surface area (Å²) in [6.07, 6.45) is -3.33. The summed E-state index contributed by atoms with van der Waals surface area (Å²) in [7, 11) is -1.36. The second-order valence-corrected chi connectivity index (χ2v) is 9.06. The lowest BCUT2D eigenvalue weighted by Gasteiger charge is -2.27. The van der Waals surface area contributed by atoms with Crippen LogP contribution in [0.4, 0.5) is 30.2 Å². The van der Waals surface area contributed by atoms with Crippen molar-refractivity contribution in [2.75, 3.05) is 23.3 Å². The summed E-state index contributed by atoms with van der Waals surface area (Å²) in [6, 6.07) is 20.4. The molecule has 1 aliphatic heterocycles. The monoisotopic (exact) mass is 459 g/mol. The van der Waals surface area contributed by atoms with Gasteiger partial charge in [0.05, 0.1) is 10.5 Å². The van der Waals surface area contributed by atoms with Crippen LogP contribution in [0.25, 0.3) is 0 Å². The standard InChI is InChI=1S/C24H24F3N3OS/c1-17(30-15-14-18-4-2-3-5-23(18)30)16-28-32(31)22-12-10-21(11-13-22)29-20-8-6-19(7-9-20)24(25,26)27/h2-13,17,28-29H,14-16H2,1H3. The van der Waals surface area contributed by atoms with Gasteiger partial charge in [0, 0.05) is 36.2 Å². The molecule has 0 amide bonds. The zero-order valence-corrected chi connectivity index (χ0v) is 18.3. The van der Waals surface area contributed by atoms with E-state index in [0.29, 0.717) is 22.8 Å². The van der Waals surface area contributed by atoms with Gasteiger partial charge in [0.2, 0.25) is 0 Å². The second-order valence-electron chi connectivity index (χ2n) is 7.76. The summed E-state index contributed by atoms with van der Waals surface area (Å²) in [5.41, 5.74) is 3.15. The molecule has 1 aliphatic rings. The third kappa shape index (κ3) is 5.14. The largest absolute Gasteiger partial charge is 0.416 e. The lowest BCUT2D eigenvalue weighted by Crippen LogP contribution is -2.40. The molecule has 0 spiro atoms. The molecule has 3 aromatic carbocycles. The van der Waals surface area contributed by atoms with E-state index in [4.69, 9.17) is 0 Å². The number of fused-ring (bicyclic) bond motifs is 1. The number of hydrogen-bond donors (Lipinski definition) is 2. The highest BCUT2D eigenvalue weighted by atomic mass is 32.2. The Hall–Kier alpha value is -2.84. The van der Waals surface area contributed by atoms with Gasteiger partial charge in [-0.3, -0.25) is 0 Å². The van der Waals surface area contributed by atoms with Crippen molar-refractivity contribution in [2.45, 2.75) is 30.5 Å². The van der Waals surface area contributed by atoms with Gasteiger partial charge in [-0.1, -0.05) is 18.2 Å². The highest BCUT2D eigenvalue weighted by Gasteiger charge is 2.30. The molecule has 168 valence electrons. The van der Waals surface area contributed by atoms with E-state index in [1.54, 1.807) is 24.3 Å². The van der Waals surface area contributed by atoms with Crippen LogP contribution < -0.4 is 14.9 Å². The topological polar surface area (TPSA) is 44.4 Å². The molecule has 0 radical (unpaired) electrons. The summed E-state index contributed by atoms with van der Waals surface area (Å²) in [5.74, 6) is 0. The number of rotatable bonds is 7. The molecule has 0 saturated heterocycles. The number of alkyl halides is 3. The third-order valence-electron chi connectivity index (χ3n) is 5.53. The number of hydrogen-bond acceptors (Lipinski definition) is 3. The Kier molecular flexibility index (Phi) is 6.53. The maximum Gasteiger partial charge on any atom is 0.416 e. The molecule has 0 aromatic heterocycles. The van der Waals surface area contributed by atoms with E-state index in [1.165, 1.54) is 23.4 Å². The van der Waals surface area contributed by atoms with Gasteiger partial charge in [-0.2, -0.15) is 13.2 Å². The van der Waals surface area contributed by atoms with E-state index >= 15 is 0 Å². The van der Waals surface area contributed by atoms with E-state index in [9.17, 15) is 17.4 Å². The molecule has 32 heavy (non-hydrogen) atoms. The maximum absolute atomic E-state index is 12.7. The van der Waals surface area contributed by atoms with Crippen molar-refractivity contribution in [3.63, 3.8) is 0 Å². The predicted molar refractivity (Wildman–Crippen MR) is 123 cm³/mol. The number of benzene rings is 3. The van der Waals surface area contributed by atoms with Crippen molar-refractivity contribution in [1.29, 1.82) is 0 Å². The molecule has 1 heterocycles. The fourth-order valence-electron chi connectivity index (χ4n) is 3.78. The molecule has 8 heteroatoms. The first kappa shape index (κ1) is 22.4. The van der Waals surface area contributed by atoms with Crippen molar-refractivity contribution in [3.05, 3.63) is 83.9 Å². The van der Waals surface area contributed by atoms with Crippen molar-refractivity contribution in [3.8, 4) is 0 Å². The Bertz CT molecular complexity index is 1080. The summed E-state index contributed by atoms with van der Waals surface area (Å²) in [6.45, 7) is 3.65. The van der Waals surface area contributed by atoms with E-state index < -0.39 is 22.7 Å². The fraction of sp³-hybridized carbons (Fsp3) is 0.250. The highest BCUT2D eigenvalue weighted by molar-refractivity contribution is 7.83. The minimum atomic E-state index is -4.35. The number of anilines is 3. The minimum Gasteiger partial charge on any atom is -0.367 e. The molecule has 4 rings (SSSR count). The third-order valence-corrected chi connectivity index (χ3v) is 6.66. The molecule has 0 saturated carbocycles. The Balaban J connectivity index is 1.31. The molecule has 0 bridgehead atoms. The van der Waals surface area contributed by atoms with Crippen LogP contribution in [0, 0.1) is 0 Å². The first-order chi connectivity index (χ1) is 15.3. The quantitative estimate of drug-likeness (QED) is 0.490. The van der Waals surface area contributed by atoms with E-state index in [0.717, 1.165) is 25.1 Å². The summed E-state index contributed by atoms with van der Waals surface area (Å²) >= 11 is 0. The summed E-state index contributed by atoms with van der Waals surface area (Å²) in [4.78, 5) is 2.97. The van der Waals surface area contributed by atoms with Gasteiger partial charge < -0.3 is 10.2 Å². The maximum atomic E-state index is 12.7. The lowest BCUT2D eigenvalue weighted by atomic mass is 10.2. The van der Waals surface area contributed by atoms with Crippen LogP contribution >= 0.6 is 0 Å². The smallest absolute Gasteiger partial charge is 0.367 e.